The van der Waals surface area contributed by atoms with Crippen molar-refractivity contribution in [2.45, 2.75) is 6.54 Å². The van der Waals surface area contributed by atoms with Gasteiger partial charge in [-0.2, -0.15) is 0 Å². The summed E-state index contributed by atoms with van der Waals surface area (Å²) in [7, 11) is 0. The zero-order valence-electron chi connectivity index (χ0n) is 12.5. The van der Waals surface area contributed by atoms with Crippen LogP contribution in [0.5, 0.6) is 0 Å². The second kappa shape index (κ2) is 7.58. The summed E-state index contributed by atoms with van der Waals surface area (Å²) in [6.07, 6.45) is 1.84. The molecule has 2 aromatic carbocycles. The fraction of sp³-hybridized carbons (Fsp3) is 0.0556. The Morgan fingerprint density at radius 2 is 1.83 bits per heavy atom. The van der Waals surface area contributed by atoms with Crippen LogP contribution in [0.1, 0.15) is 0 Å². The minimum atomic E-state index is 0.450. The van der Waals surface area contributed by atoms with Crippen molar-refractivity contribution in [1.29, 1.82) is 0 Å². The molecule has 2 nitrogen and oxygen atoms in total. The minimum absolute atomic E-state index is 0.450. The molecule has 0 aliphatic carbocycles. The molecule has 0 aliphatic heterocycles. The number of hydrogen-bond acceptors (Lipinski definition) is 2. The normalized spacial score (nSPS) is 11.7. The lowest BCUT2D eigenvalue weighted by molar-refractivity contribution is 0.800. The van der Waals surface area contributed by atoms with Crippen LogP contribution < -0.4 is 4.80 Å². The molecule has 0 N–H and O–H groups in total. The smallest absolute Gasteiger partial charge is 0.190 e. The molecular formula is C18H13Cl3N2S. The Kier molecular flexibility index (Phi) is 5.47. The lowest BCUT2D eigenvalue weighted by Crippen LogP contribution is -2.14. The molecule has 0 radical (unpaired) electrons. The summed E-state index contributed by atoms with van der Waals surface area (Å²) in [6, 6.07) is 13.1. The van der Waals surface area contributed by atoms with Crippen LogP contribution in [0.2, 0.25) is 15.1 Å². The molecule has 122 valence electrons. The van der Waals surface area contributed by atoms with E-state index in [0.717, 1.165) is 16.1 Å². The molecule has 1 heterocycles. The van der Waals surface area contributed by atoms with Gasteiger partial charge in [0, 0.05) is 16.9 Å². The Morgan fingerprint density at radius 3 is 2.54 bits per heavy atom. The van der Waals surface area contributed by atoms with Crippen molar-refractivity contribution < 1.29 is 0 Å². The maximum absolute atomic E-state index is 6.25. The van der Waals surface area contributed by atoms with E-state index >= 15 is 0 Å². The number of rotatable bonds is 4. The predicted octanol–water partition coefficient (Wildman–Crippen LogP) is 6.60. The highest BCUT2D eigenvalue weighted by atomic mass is 35.5. The molecule has 24 heavy (non-hydrogen) atoms. The summed E-state index contributed by atoms with van der Waals surface area (Å²) >= 11 is 19.8. The van der Waals surface area contributed by atoms with Crippen LogP contribution >= 0.6 is 46.1 Å². The number of hydrogen-bond donors (Lipinski definition) is 0. The summed E-state index contributed by atoms with van der Waals surface area (Å²) in [5, 5.41) is 3.71. The van der Waals surface area contributed by atoms with Crippen molar-refractivity contribution in [1.82, 2.24) is 4.57 Å². The Hall–Kier alpha value is -1.52. The average Bonchev–Trinajstić information content (AvgIpc) is 2.96. The van der Waals surface area contributed by atoms with Crippen LogP contribution in [0.25, 0.3) is 11.3 Å². The van der Waals surface area contributed by atoms with Gasteiger partial charge in [0.1, 0.15) is 0 Å². The topological polar surface area (TPSA) is 17.3 Å². The van der Waals surface area contributed by atoms with Crippen molar-refractivity contribution in [2.75, 3.05) is 0 Å². The van der Waals surface area contributed by atoms with Gasteiger partial charge in [-0.25, -0.2) is 4.99 Å². The molecule has 0 unspecified atom stereocenters. The largest absolute Gasteiger partial charge is 0.313 e. The van der Waals surface area contributed by atoms with Gasteiger partial charge in [0.05, 0.1) is 21.4 Å². The Labute approximate surface area is 159 Å². The number of allylic oxidation sites excluding steroid dienone is 1. The standard InChI is InChI=1S/C18H13Cl3N2S/c1-2-10-23-16(12-6-8-13(19)9-7-12)11-24-18(23)22-15-5-3-4-14(20)17(15)21/h2-9,11H,1,10H2. The Morgan fingerprint density at radius 1 is 1.08 bits per heavy atom. The van der Waals surface area contributed by atoms with Crippen molar-refractivity contribution in [3.63, 3.8) is 0 Å². The highest BCUT2D eigenvalue weighted by Gasteiger charge is 2.09. The van der Waals surface area contributed by atoms with Crippen LogP contribution in [-0.2, 0) is 6.54 Å². The zero-order valence-corrected chi connectivity index (χ0v) is 15.6. The van der Waals surface area contributed by atoms with E-state index in [4.69, 9.17) is 34.8 Å². The lowest BCUT2D eigenvalue weighted by atomic mass is 10.2. The third-order valence-corrected chi connectivity index (χ3v) is 5.32. The first-order valence-electron chi connectivity index (χ1n) is 7.14. The molecule has 0 spiro atoms. The SMILES string of the molecule is C=CCn1c(-c2ccc(Cl)cc2)csc1=Nc1cccc(Cl)c1Cl. The fourth-order valence-electron chi connectivity index (χ4n) is 2.26. The highest BCUT2D eigenvalue weighted by molar-refractivity contribution is 7.07. The zero-order chi connectivity index (χ0) is 17.1. The number of aromatic nitrogens is 1. The maximum atomic E-state index is 6.25. The molecule has 1 aromatic heterocycles. The molecule has 0 fully saturated rings. The molecule has 0 bridgehead atoms. The van der Waals surface area contributed by atoms with Crippen molar-refractivity contribution in [3.8, 4) is 11.3 Å². The number of nitrogens with zero attached hydrogens (tertiary/aromatic N) is 2. The van der Waals surface area contributed by atoms with E-state index in [2.05, 4.69) is 21.5 Å². The molecular weight excluding hydrogens is 383 g/mol. The van der Waals surface area contributed by atoms with Gasteiger partial charge < -0.3 is 4.57 Å². The lowest BCUT2D eigenvalue weighted by Gasteiger charge is -2.07. The van der Waals surface area contributed by atoms with E-state index in [1.807, 2.05) is 42.5 Å². The molecule has 0 saturated carbocycles. The molecule has 3 rings (SSSR count). The summed E-state index contributed by atoms with van der Waals surface area (Å²) in [6.45, 7) is 4.48. The second-order valence-electron chi connectivity index (χ2n) is 4.99. The average molecular weight is 396 g/mol. The Bertz CT molecular complexity index is 940. The van der Waals surface area contributed by atoms with Gasteiger partial charge in [-0.05, 0) is 29.8 Å². The van der Waals surface area contributed by atoms with Gasteiger partial charge in [0.2, 0.25) is 0 Å². The van der Waals surface area contributed by atoms with Crippen LogP contribution in [0.4, 0.5) is 5.69 Å². The van der Waals surface area contributed by atoms with Crippen LogP contribution in [-0.4, -0.2) is 4.57 Å². The highest BCUT2D eigenvalue weighted by Crippen LogP contribution is 2.31. The molecule has 0 aliphatic rings. The van der Waals surface area contributed by atoms with E-state index in [9.17, 15) is 0 Å². The minimum Gasteiger partial charge on any atom is -0.313 e. The first kappa shape index (κ1) is 17.3. The van der Waals surface area contributed by atoms with Gasteiger partial charge in [-0.15, -0.1) is 17.9 Å². The van der Waals surface area contributed by atoms with Gasteiger partial charge >= 0.3 is 0 Å². The maximum Gasteiger partial charge on any atom is 0.190 e. The van der Waals surface area contributed by atoms with Gasteiger partial charge in [-0.1, -0.05) is 59.1 Å². The van der Waals surface area contributed by atoms with Gasteiger partial charge in [0.15, 0.2) is 4.80 Å². The number of thiazole rings is 1. The van der Waals surface area contributed by atoms with Crippen LogP contribution in [0, 0.1) is 0 Å². The second-order valence-corrected chi connectivity index (χ2v) is 7.05. The molecule has 3 aromatic rings. The number of halogens is 3. The van der Waals surface area contributed by atoms with E-state index in [1.54, 1.807) is 6.07 Å². The number of benzene rings is 2. The third-order valence-electron chi connectivity index (χ3n) is 3.40. The third kappa shape index (κ3) is 3.60. The summed E-state index contributed by atoms with van der Waals surface area (Å²) in [5.41, 5.74) is 2.76. The first-order chi connectivity index (χ1) is 11.6. The van der Waals surface area contributed by atoms with Crippen molar-refractivity contribution >= 4 is 51.8 Å². The first-order valence-corrected chi connectivity index (χ1v) is 9.15. The summed E-state index contributed by atoms with van der Waals surface area (Å²) in [4.78, 5) is 5.50. The monoisotopic (exact) mass is 394 g/mol. The van der Waals surface area contributed by atoms with E-state index in [1.165, 1.54) is 11.3 Å². The van der Waals surface area contributed by atoms with E-state index < -0.39 is 0 Å². The van der Waals surface area contributed by atoms with Crippen molar-refractivity contribution in [2.24, 2.45) is 4.99 Å². The quantitative estimate of drug-likeness (QED) is 0.443. The fourth-order valence-corrected chi connectivity index (χ4v) is 3.65. The van der Waals surface area contributed by atoms with Gasteiger partial charge in [-0.3, -0.25) is 0 Å². The van der Waals surface area contributed by atoms with Crippen LogP contribution in [0.15, 0.2) is 65.5 Å². The summed E-state index contributed by atoms with van der Waals surface area (Å²) in [5.74, 6) is 0. The predicted molar refractivity (Wildman–Crippen MR) is 105 cm³/mol. The molecule has 0 saturated heterocycles. The molecule has 0 atom stereocenters. The van der Waals surface area contributed by atoms with Crippen LogP contribution in [0.3, 0.4) is 0 Å². The van der Waals surface area contributed by atoms with Crippen molar-refractivity contribution in [3.05, 3.63) is 80.4 Å². The van der Waals surface area contributed by atoms with E-state index in [0.29, 0.717) is 27.3 Å². The molecule has 0 amide bonds. The Balaban J connectivity index is 2.15. The van der Waals surface area contributed by atoms with E-state index in [-0.39, 0.29) is 0 Å². The molecule has 6 heteroatoms. The van der Waals surface area contributed by atoms with Gasteiger partial charge in [0.25, 0.3) is 0 Å². The summed E-state index contributed by atoms with van der Waals surface area (Å²) < 4.78 is 2.08.